The lowest BCUT2D eigenvalue weighted by molar-refractivity contribution is 0.0947. The standard InChI is InChI=1S/C15H18FN3O/c1-10(2)7-8-17-15(20)14-9-13(18-19-14)11-3-5-12(16)6-4-11/h3-6,9-10H,7-8H2,1-2H3,(H,17,20)(H,18,19). The molecule has 0 spiro atoms. The summed E-state index contributed by atoms with van der Waals surface area (Å²) < 4.78 is 12.8. The number of benzene rings is 1. The average Bonchev–Trinajstić information content (AvgIpc) is 2.88. The van der Waals surface area contributed by atoms with Crippen molar-refractivity contribution in [2.24, 2.45) is 5.92 Å². The normalized spacial score (nSPS) is 10.8. The summed E-state index contributed by atoms with van der Waals surface area (Å²) in [4.78, 5) is 11.9. The van der Waals surface area contributed by atoms with Crippen LogP contribution in [-0.2, 0) is 0 Å². The van der Waals surface area contributed by atoms with Gasteiger partial charge >= 0.3 is 0 Å². The van der Waals surface area contributed by atoms with E-state index in [0.29, 0.717) is 23.9 Å². The molecule has 5 heteroatoms. The molecule has 2 aromatic rings. The van der Waals surface area contributed by atoms with Crippen molar-refractivity contribution < 1.29 is 9.18 Å². The molecule has 0 unspecified atom stereocenters. The summed E-state index contributed by atoms with van der Waals surface area (Å²) in [6, 6.07) is 7.66. The Morgan fingerprint density at radius 2 is 2.05 bits per heavy atom. The molecule has 0 aliphatic carbocycles. The van der Waals surface area contributed by atoms with Gasteiger partial charge in [-0.25, -0.2) is 4.39 Å². The van der Waals surface area contributed by atoms with Gasteiger partial charge in [0.15, 0.2) is 0 Å². The summed E-state index contributed by atoms with van der Waals surface area (Å²) in [7, 11) is 0. The summed E-state index contributed by atoms with van der Waals surface area (Å²) in [5, 5.41) is 9.61. The summed E-state index contributed by atoms with van der Waals surface area (Å²) in [5.41, 5.74) is 1.80. The highest BCUT2D eigenvalue weighted by molar-refractivity contribution is 5.93. The number of carbonyl (C=O) groups is 1. The number of hydrogen-bond donors (Lipinski definition) is 2. The highest BCUT2D eigenvalue weighted by Gasteiger charge is 2.10. The summed E-state index contributed by atoms with van der Waals surface area (Å²) in [6.45, 7) is 4.85. The molecule has 0 saturated heterocycles. The number of amides is 1. The van der Waals surface area contributed by atoms with Gasteiger partial charge in [0.25, 0.3) is 5.91 Å². The Hall–Kier alpha value is -2.17. The number of nitrogens with zero attached hydrogens (tertiary/aromatic N) is 1. The van der Waals surface area contributed by atoms with Crippen molar-refractivity contribution in [3.05, 3.63) is 41.8 Å². The number of nitrogens with one attached hydrogen (secondary N) is 2. The Balaban J connectivity index is 2.01. The first kappa shape index (κ1) is 14.2. The first-order valence-corrected chi connectivity index (χ1v) is 6.66. The molecular weight excluding hydrogens is 257 g/mol. The fraction of sp³-hybridized carbons (Fsp3) is 0.333. The van der Waals surface area contributed by atoms with E-state index in [1.165, 1.54) is 12.1 Å². The average molecular weight is 275 g/mol. The third kappa shape index (κ3) is 3.66. The molecule has 0 aliphatic heterocycles. The fourth-order valence-electron chi connectivity index (χ4n) is 1.78. The number of aromatic nitrogens is 2. The minimum Gasteiger partial charge on any atom is -0.351 e. The van der Waals surface area contributed by atoms with Gasteiger partial charge in [-0.05, 0) is 42.7 Å². The summed E-state index contributed by atoms with van der Waals surface area (Å²) in [5.74, 6) is 0.0780. The molecule has 0 fully saturated rings. The highest BCUT2D eigenvalue weighted by atomic mass is 19.1. The van der Waals surface area contributed by atoms with Crippen LogP contribution in [0, 0.1) is 11.7 Å². The molecule has 0 saturated carbocycles. The van der Waals surface area contributed by atoms with Gasteiger partial charge in [-0.2, -0.15) is 5.10 Å². The minimum absolute atomic E-state index is 0.175. The zero-order valence-electron chi connectivity index (χ0n) is 11.6. The van der Waals surface area contributed by atoms with Crippen LogP contribution in [0.25, 0.3) is 11.3 Å². The Labute approximate surface area is 117 Å². The van der Waals surface area contributed by atoms with E-state index in [9.17, 15) is 9.18 Å². The lowest BCUT2D eigenvalue weighted by Gasteiger charge is -2.05. The van der Waals surface area contributed by atoms with Crippen LogP contribution in [0.3, 0.4) is 0 Å². The molecule has 0 atom stereocenters. The van der Waals surface area contributed by atoms with Crippen LogP contribution in [0.5, 0.6) is 0 Å². The quantitative estimate of drug-likeness (QED) is 0.881. The Morgan fingerprint density at radius 1 is 1.35 bits per heavy atom. The second kappa shape index (κ2) is 6.32. The molecule has 20 heavy (non-hydrogen) atoms. The number of hydrogen-bond acceptors (Lipinski definition) is 2. The van der Waals surface area contributed by atoms with E-state index in [1.54, 1.807) is 18.2 Å². The lowest BCUT2D eigenvalue weighted by atomic mass is 10.1. The molecule has 0 aliphatic rings. The van der Waals surface area contributed by atoms with Crippen LogP contribution in [0.15, 0.2) is 30.3 Å². The molecule has 4 nitrogen and oxygen atoms in total. The Morgan fingerprint density at radius 3 is 2.70 bits per heavy atom. The monoisotopic (exact) mass is 275 g/mol. The van der Waals surface area contributed by atoms with Crippen LogP contribution in [0.2, 0.25) is 0 Å². The number of rotatable bonds is 5. The van der Waals surface area contributed by atoms with Gasteiger partial charge < -0.3 is 5.32 Å². The van der Waals surface area contributed by atoms with Crippen LogP contribution in [0.4, 0.5) is 4.39 Å². The van der Waals surface area contributed by atoms with Gasteiger partial charge in [0.05, 0.1) is 5.69 Å². The molecule has 2 rings (SSSR count). The SMILES string of the molecule is CC(C)CCNC(=O)c1cc(-c2ccc(F)cc2)n[nH]1. The first-order chi connectivity index (χ1) is 9.56. The molecule has 1 aromatic carbocycles. The van der Waals surface area contributed by atoms with Gasteiger partial charge in [0, 0.05) is 12.1 Å². The maximum Gasteiger partial charge on any atom is 0.269 e. The fourth-order valence-corrected chi connectivity index (χ4v) is 1.78. The number of aromatic amines is 1. The van der Waals surface area contributed by atoms with E-state index in [1.807, 2.05) is 0 Å². The number of H-pyrrole nitrogens is 1. The number of carbonyl (C=O) groups excluding carboxylic acids is 1. The second-order valence-electron chi connectivity index (χ2n) is 5.11. The lowest BCUT2D eigenvalue weighted by Crippen LogP contribution is -2.25. The van der Waals surface area contributed by atoms with E-state index in [-0.39, 0.29) is 11.7 Å². The van der Waals surface area contributed by atoms with Gasteiger partial charge in [-0.15, -0.1) is 0 Å². The van der Waals surface area contributed by atoms with E-state index in [0.717, 1.165) is 12.0 Å². The zero-order chi connectivity index (χ0) is 14.5. The van der Waals surface area contributed by atoms with Crippen molar-refractivity contribution >= 4 is 5.91 Å². The largest absolute Gasteiger partial charge is 0.351 e. The van der Waals surface area contributed by atoms with E-state index in [2.05, 4.69) is 29.4 Å². The van der Waals surface area contributed by atoms with E-state index < -0.39 is 0 Å². The van der Waals surface area contributed by atoms with Crippen molar-refractivity contribution in [2.45, 2.75) is 20.3 Å². The van der Waals surface area contributed by atoms with Crippen molar-refractivity contribution in [3.63, 3.8) is 0 Å². The maximum absolute atomic E-state index is 12.8. The van der Waals surface area contributed by atoms with Crippen LogP contribution < -0.4 is 5.32 Å². The second-order valence-corrected chi connectivity index (χ2v) is 5.11. The van der Waals surface area contributed by atoms with Crippen LogP contribution in [0.1, 0.15) is 30.8 Å². The molecule has 1 heterocycles. The van der Waals surface area contributed by atoms with Gasteiger partial charge in [-0.3, -0.25) is 9.89 Å². The van der Waals surface area contributed by atoms with E-state index in [4.69, 9.17) is 0 Å². The molecular formula is C15H18FN3O. The third-order valence-corrected chi connectivity index (χ3v) is 2.97. The first-order valence-electron chi connectivity index (χ1n) is 6.66. The molecule has 2 N–H and O–H groups in total. The molecule has 0 bridgehead atoms. The van der Waals surface area contributed by atoms with Crippen molar-refractivity contribution in [1.82, 2.24) is 15.5 Å². The van der Waals surface area contributed by atoms with Gasteiger partial charge in [-0.1, -0.05) is 13.8 Å². The van der Waals surface area contributed by atoms with Crippen molar-refractivity contribution in [3.8, 4) is 11.3 Å². The van der Waals surface area contributed by atoms with Crippen LogP contribution >= 0.6 is 0 Å². The van der Waals surface area contributed by atoms with Gasteiger partial charge in [0.1, 0.15) is 11.5 Å². The molecule has 0 radical (unpaired) electrons. The predicted octanol–water partition coefficient (Wildman–Crippen LogP) is 2.99. The highest BCUT2D eigenvalue weighted by Crippen LogP contribution is 2.17. The zero-order valence-corrected chi connectivity index (χ0v) is 11.6. The van der Waals surface area contributed by atoms with Crippen LogP contribution in [-0.4, -0.2) is 22.6 Å². The topological polar surface area (TPSA) is 57.8 Å². The van der Waals surface area contributed by atoms with E-state index >= 15 is 0 Å². The summed E-state index contributed by atoms with van der Waals surface area (Å²) in [6.07, 6.45) is 0.935. The smallest absolute Gasteiger partial charge is 0.269 e. The molecule has 106 valence electrons. The molecule has 1 aromatic heterocycles. The minimum atomic E-state index is -0.295. The van der Waals surface area contributed by atoms with Gasteiger partial charge in [0.2, 0.25) is 0 Å². The molecule has 1 amide bonds. The van der Waals surface area contributed by atoms with Crippen molar-refractivity contribution in [2.75, 3.05) is 6.54 Å². The maximum atomic E-state index is 12.8. The summed E-state index contributed by atoms with van der Waals surface area (Å²) >= 11 is 0. The predicted molar refractivity (Wildman–Crippen MR) is 75.8 cm³/mol. The van der Waals surface area contributed by atoms with Crippen molar-refractivity contribution in [1.29, 1.82) is 0 Å². The Bertz CT molecular complexity index is 575. The third-order valence-electron chi connectivity index (χ3n) is 2.97. The Kier molecular flexibility index (Phi) is 4.50. The number of halogens is 1.